The first-order valence-electron chi connectivity index (χ1n) is 8.34. The Labute approximate surface area is 130 Å². The Balaban J connectivity index is 2.60. The van der Waals surface area contributed by atoms with Gasteiger partial charge in [0.25, 0.3) is 0 Å². The topological polar surface area (TPSA) is 35.5 Å². The lowest BCUT2D eigenvalue weighted by atomic mass is 10.0. The smallest absolute Gasteiger partial charge is 0.0443 e. The number of hydrogen-bond acceptors (Lipinski definition) is 3. The first-order valence-corrected chi connectivity index (χ1v) is 8.34. The van der Waals surface area contributed by atoms with E-state index >= 15 is 0 Å². The van der Waals surface area contributed by atoms with Gasteiger partial charge < -0.3 is 15.3 Å². The zero-order valence-corrected chi connectivity index (χ0v) is 13.9. The molecule has 0 saturated heterocycles. The summed E-state index contributed by atoms with van der Waals surface area (Å²) in [5.74, 6) is 0. The molecule has 1 rings (SSSR count). The minimum absolute atomic E-state index is 0.284. The second-order valence-corrected chi connectivity index (χ2v) is 5.72. The molecule has 0 saturated carbocycles. The number of aryl methyl sites for hydroxylation is 1. The second kappa shape index (κ2) is 10.8. The van der Waals surface area contributed by atoms with Gasteiger partial charge in [0.15, 0.2) is 0 Å². The largest absolute Gasteiger partial charge is 0.396 e. The van der Waals surface area contributed by atoms with Crippen LogP contribution < -0.4 is 5.32 Å². The number of aliphatic hydroxyl groups is 1. The van der Waals surface area contributed by atoms with Crippen molar-refractivity contribution in [2.24, 2.45) is 0 Å². The summed E-state index contributed by atoms with van der Waals surface area (Å²) in [5, 5.41) is 12.6. The summed E-state index contributed by atoms with van der Waals surface area (Å²) in [6, 6.07) is 9.24. The van der Waals surface area contributed by atoms with Crippen LogP contribution in [0.3, 0.4) is 0 Å². The van der Waals surface area contributed by atoms with Gasteiger partial charge >= 0.3 is 0 Å². The molecule has 2 N–H and O–H groups in total. The van der Waals surface area contributed by atoms with E-state index in [9.17, 15) is 0 Å². The highest BCUT2D eigenvalue weighted by Gasteiger charge is 2.12. The van der Waals surface area contributed by atoms with Gasteiger partial charge in [0.1, 0.15) is 0 Å². The first kappa shape index (κ1) is 18.1. The molecule has 0 amide bonds. The Bertz CT molecular complexity index is 381. The minimum Gasteiger partial charge on any atom is -0.396 e. The van der Waals surface area contributed by atoms with Gasteiger partial charge in [0.05, 0.1) is 0 Å². The SMILES string of the molecule is CCCNC(CCN(CC)CCCO)c1cccc(C)c1. The second-order valence-electron chi connectivity index (χ2n) is 5.72. The molecule has 0 aliphatic carbocycles. The van der Waals surface area contributed by atoms with Crippen molar-refractivity contribution in [1.29, 1.82) is 0 Å². The molecule has 1 unspecified atom stereocenters. The minimum atomic E-state index is 0.284. The zero-order valence-electron chi connectivity index (χ0n) is 13.9. The van der Waals surface area contributed by atoms with Crippen molar-refractivity contribution in [3.05, 3.63) is 35.4 Å². The Morgan fingerprint density at radius 2 is 2.05 bits per heavy atom. The monoisotopic (exact) mass is 292 g/mol. The van der Waals surface area contributed by atoms with Crippen LogP contribution in [-0.4, -0.2) is 42.8 Å². The summed E-state index contributed by atoms with van der Waals surface area (Å²) >= 11 is 0. The van der Waals surface area contributed by atoms with E-state index in [0.29, 0.717) is 6.04 Å². The maximum Gasteiger partial charge on any atom is 0.0443 e. The van der Waals surface area contributed by atoms with Crippen molar-refractivity contribution in [3.63, 3.8) is 0 Å². The van der Waals surface area contributed by atoms with E-state index in [1.807, 2.05) is 0 Å². The zero-order chi connectivity index (χ0) is 15.5. The van der Waals surface area contributed by atoms with Gasteiger partial charge in [-0.1, -0.05) is 43.7 Å². The van der Waals surface area contributed by atoms with Crippen LogP contribution in [0.15, 0.2) is 24.3 Å². The van der Waals surface area contributed by atoms with Crippen molar-refractivity contribution in [1.82, 2.24) is 10.2 Å². The molecular weight excluding hydrogens is 260 g/mol. The average molecular weight is 292 g/mol. The standard InChI is InChI=1S/C18H32N2O/c1-4-11-19-18(17-9-6-8-16(3)15-17)10-13-20(5-2)12-7-14-21/h6,8-9,15,18-19,21H,4-5,7,10-14H2,1-3H3. The number of benzene rings is 1. The van der Waals surface area contributed by atoms with Crippen molar-refractivity contribution in [3.8, 4) is 0 Å². The molecule has 0 radical (unpaired) electrons. The van der Waals surface area contributed by atoms with Gasteiger partial charge in [-0.15, -0.1) is 0 Å². The highest BCUT2D eigenvalue weighted by atomic mass is 16.3. The predicted octanol–water partition coefficient (Wildman–Crippen LogP) is 3.13. The molecule has 0 aliphatic heterocycles. The fourth-order valence-electron chi connectivity index (χ4n) is 2.63. The van der Waals surface area contributed by atoms with E-state index in [2.05, 4.69) is 55.3 Å². The fourth-order valence-corrected chi connectivity index (χ4v) is 2.63. The molecule has 0 heterocycles. The van der Waals surface area contributed by atoms with Crippen molar-refractivity contribution in [2.45, 2.75) is 46.1 Å². The van der Waals surface area contributed by atoms with Gasteiger partial charge in [0, 0.05) is 19.2 Å². The van der Waals surface area contributed by atoms with Gasteiger partial charge in [-0.3, -0.25) is 0 Å². The summed E-state index contributed by atoms with van der Waals surface area (Å²) in [4.78, 5) is 2.42. The van der Waals surface area contributed by atoms with Crippen molar-refractivity contribution < 1.29 is 5.11 Å². The normalized spacial score (nSPS) is 12.8. The molecule has 0 aliphatic rings. The highest BCUT2D eigenvalue weighted by molar-refractivity contribution is 5.25. The maximum atomic E-state index is 8.97. The molecule has 1 atom stereocenters. The molecule has 21 heavy (non-hydrogen) atoms. The lowest BCUT2D eigenvalue weighted by Crippen LogP contribution is -2.31. The number of nitrogens with zero attached hydrogens (tertiary/aromatic N) is 1. The molecule has 1 aromatic carbocycles. The van der Waals surface area contributed by atoms with Gasteiger partial charge in [-0.05, 0) is 51.4 Å². The van der Waals surface area contributed by atoms with E-state index in [-0.39, 0.29) is 6.61 Å². The third kappa shape index (κ3) is 7.07. The van der Waals surface area contributed by atoms with Crippen LogP contribution in [0.25, 0.3) is 0 Å². The summed E-state index contributed by atoms with van der Waals surface area (Å²) in [7, 11) is 0. The van der Waals surface area contributed by atoms with Crippen LogP contribution in [0.4, 0.5) is 0 Å². The summed E-state index contributed by atoms with van der Waals surface area (Å²) in [5.41, 5.74) is 2.71. The van der Waals surface area contributed by atoms with E-state index in [0.717, 1.165) is 45.4 Å². The van der Waals surface area contributed by atoms with Gasteiger partial charge in [-0.2, -0.15) is 0 Å². The fraction of sp³-hybridized carbons (Fsp3) is 0.667. The molecular formula is C18H32N2O. The lowest BCUT2D eigenvalue weighted by molar-refractivity contribution is 0.222. The van der Waals surface area contributed by atoms with Crippen LogP contribution >= 0.6 is 0 Å². The van der Waals surface area contributed by atoms with Crippen LogP contribution in [0.5, 0.6) is 0 Å². The number of rotatable bonds is 11. The lowest BCUT2D eigenvalue weighted by Gasteiger charge is -2.25. The predicted molar refractivity (Wildman–Crippen MR) is 90.6 cm³/mol. The van der Waals surface area contributed by atoms with Gasteiger partial charge in [-0.25, -0.2) is 0 Å². The third-order valence-corrected chi connectivity index (χ3v) is 3.90. The molecule has 3 heteroatoms. The van der Waals surface area contributed by atoms with Crippen molar-refractivity contribution in [2.75, 3.05) is 32.8 Å². The summed E-state index contributed by atoms with van der Waals surface area (Å²) < 4.78 is 0. The number of hydrogen-bond donors (Lipinski definition) is 2. The molecule has 0 fully saturated rings. The number of aliphatic hydroxyl groups excluding tert-OH is 1. The maximum absolute atomic E-state index is 8.97. The molecule has 120 valence electrons. The Hall–Kier alpha value is -0.900. The molecule has 0 bridgehead atoms. The van der Waals surface area contributed by atoms with E-state index in [1.165, 1.54) is 11.1 Å². The van der Waals surface area contributed by atoms with E-state index in [4.69, 9.17) is 5.11 Å². The summed E-state index contributed by atoms with van der Waals surface area (Å²) in [6.45, 7) is 11.0. The molecule has 0 spiro atoms. The van der Waals surface area contributed by atoms with Crippen LogP contribution in [0, 0.1) is 6.92 Å². The van der Waals surface area contributed by atoms with Crippen LogP contribution in [0.2, 0.25) is 0 Å². The molecule has 0 aromatic heterocycles. The average Bonchev–Trinajstić information content (AvgIpc) is 2.50. The van der Waals surface area contributed by atoms with E-state index in [1.54, 1.807) is 0 Å². The van der Waals surface area contributed by atoms with E-state index < -0.39 is 0 Å². The Morgan fingerprint density at radius 3 is 2.67 bits per heavy atom. The van der Waals surface area contributed by atoms with Gasteiger partial charge in [0.2, 0.25) is 0 Å². The first-order chi connectivity index (χ1) is 10.2. The molecule has 1 aromatic rings. The van der Waals surface area contributed by atoms with Crippen molar-refractivity contribution >= 4 is 0 Å². The Morgan fingerprint density at radius 1 is 1.24 bits per heavy atom. The highest BCUT2D eigenvalue weighted by Crippen LogP contribution is 2.18. The quantitative estimate of drug-likeness (QED) is 0.658. The molecule has 3 nitrogen and oxygen atoms in total. The van der Waals surface area contributed by atoms with Crippen LogP contribution in [0.1, 0.15) is 50.3 Å². The summed E-state index contributed by atoms with van der Waals surface area (Å²) in [6.07, 6.45) is 3.14. The third-order valence-electron chi connectivity index (χ3n) is 3.90. The van der Waals surface area contributed by atoms with Crippen LogP contribution in [-0.2, 0) is 0 Å². The Kier molecular flexibility index (Phi) is 9.31. The number of nitrogens with one attached hydrogen (secondary N) is 1.